The van der Waals surface area contributed by atoms with E-state index in [1.807, 2.05) is 11.3 Å². The first-order valence-corrected chi connectivity index (χ1v) is 7.43. The van der Waals surface area contributed by atoms with Gasteiger partial charge in [-0.2, -0.15) is 0 Å². The van der Waals surface area contributed by atoms with E-state index in [-0.39, 0.29) is 0 Å². The van der Waals surface area contributed by atoms with Crippen molar-refractivity contribution in [1.29, 1.82) is 0 Å². The third kappa shape index (κ3) is 3.33. The maximum absolute atomic E-state index is 3.59. The van der Waals surface area contributed by atoms with Crippen molar-refractivity contribution in [2.45, 2.75) is 26.3 Å². The predicted molar refractivity (Wildman–Crippen MR) is 79.9 cm³/mol. The highest BCUT2D eigenvalue weighted by Crippen LogP contribution is 2.28. The predicted octanol–water partition coefficient (Wildman–Crippen LogP) is 5.38. The fourth-order valence-corrected chi connectivity index (χ4v) is 3.35. The molecule has 1 aromatic carbocycles. The lowest BCUT2D eigenvalue weighted by molar-refractivity contribution is 0.764. The summed E-state index contributed by atoms with van der Waals surface area (Å²) in [6, 6.07) is 11.1. The molecule has 1 nitrogen and oxygen atoms in total. The monoisotopic (exact) mass is 309 g/mol. The van der Waals surface area contributed by atoms with Crippen LogP contribution in [0.5, 0.6) is 0 Å². The minimum absolute atomic E-state index is 0.406. The number of anilines is 1. The Balaban J connectivity index is 2.18. The molecule has 1 heterocycles. The summed E-state index contributed by atoms with van der Waals surface area (Å²) in [6.45, 7) is 4.32. The van der Waals surface area contributed by atoms with Gasteiger partial charge in [-0.05, 0) is 48.6 Å². The third-order valence-electron chi connectivity index (χ3n) is 2.68. The zero-order chi connectivity index (χ0) is 12.3. The highest BCUT2D eigenvalue weighted by atomic mass is 79.9. The van der Waals surface area contributed by atoms with Gasteiger partial charge >= 0.3 is 0 Å². The smallest absolute Gasteiger partial charge is 0.0604 e. The molecule has 1 aromatic heterocycles. The zero-order valence-corrected chi connectivity index (χ0v) is 12.4. The summed E-state index contributed by atoms with van der Waals surface area (Å²) in [5.41, 5.74) is 2.44. The van der Waals surface area contributed by atoms with Crippen LogP contribution in [-0.2, 0) is 0 Å². The number of nitrogens with one attached hydrogen (secondary N) is 1. The molecule has 0 radical (unpaired) electrons. The lowest BCUT2D eigenvalue weighted by Gasteiger charge is -2.17. The van der Waals surface area contributed by atoms with E-state index in [1.54, 1.807) is 0 Å². The lowest BCUT2D eigenvalue weighted by atomic mass is 10.1. The van der Waals surface area contributed by atoms with Crippen LogP contribution < -0.4 is 5.32 Å². The van der Waals surface area contributed by atoms with Crippen molar-refractivity contribution in [3.8, 4) is 0 Å². The third-order valence-corrected chi connectivity index (χ3v) is 4.12. The van der Waals surface area contributed by atoms with Crippen molar-refractivity contribution in [3.05, 3.63) is 50.6 Å². The molecule has 0 fully saturated rings. The highest BCUT2D eigenvalue weighted by molar-refractivity contribution is 9.10. The Bertz CT molecular complexity index is 459. The van der Waals surface area contributed by atoms with Gasteiger partial charge in [-0.3, -0.25) is 0 Å². The maximum atomic E-state index is 3.59. The van der Waals surface area contributed by atoms with Gasteiger partial charge in [0.2, 0.25) is 0 Å². The second-order valence-electron chi connectivity index (χ2n) is 4.14. The van der Waals surface area contributed by atoms with E-state index in [0.29, 0.717) is 6.04 Å². The van der Waals surface area contributed by atoms with Gasteiger partial charge in [-0.15, -0.1) is 11.3 Å². The molecule has 0 saturated heterocycles. The molecule has 0 aliphatic carbocycles. The molecule has 17 heavy (non-hydrogen) atoms. The molecule has 1 atom stereocenters. The molecular formula is C14H16BrNS. The molecule has 2 aromatic rings. The summed E-state index contributed by atoms with van der Waals surface area (Å²) in [5, 5.41) is 5.72. The van der Waals surface area contributed by atoms with Crippen LogP contribution in [0.15, 0.2) is 40.2 Å². The van der Waals surface area contributed by atoms with E-state index < -0.39 is 0 Å². The second-order valence-corrected chi connectivity index (χ2v) is 6.03. The van der Waals surface area contributed by atoms with E-state index >= 15 is 0 Å². The molecule has 1 N–H and O–H groups in total. The topological polar surface area (TPSA) is 12.0 Å². The molecule has 0 aliphatic heterocycles. The van der Waals surface area contributed by atoms with Crippen LogP contribution in [0, 0.1) is 6.92 Å². The summed E-state index contributed by atoms with van der Waals surface area (Å²) in [6.07, 6.45) is 1.09. The number of hydrogen-bond acceptors (Lipinski definition) is 2. The minimum Gasteiger partial charge on any atom is -0.377 e. The molecule has 0 spiro atoms. The maximum Gasteiger partial charge on any atom is 0.0604 e. The fourth-order valence-electron chi connectivity index (χ4n) is 1.88. The van der Waals surface area contributed by atoms with Crippen LogP contribution in [-0.4, -0.2) is 0 Å². The van der Waals surface area contributed by atoms with Crippen LogP contribution >= 0.6 is 27.3 Å². The molecule has 90 valence electrons. The second kappa shape index (κ2) is 5.69. The van der Waals surface area contributed by atoms with E-state index in [0.717, 1.165) is 10.9 Å². The molecule has 2 rings (SSSR count). The fraction of sp³-hybridized carbons (Fsp3) is 0.286. The first-order chi connectivity index (χ1) is 8.19. The van der Waals surface area contributed by atoms with E-state index in [2.05, 4.69) is 70.8 Å². The van der Waals surface area contributed by atoms with Crippen LogP contribution in [0.25, 0.3) is 0 Å². The van der Waals surface area contributed by atoms with Gasteiger partial charge in [-0.1, -0.05) is 28.9 Å². The Morgan fingerprint density at radius 1 is 1.35 bits per heavy atom. The molecular weight excluding hydrogens is 294 g/mol. The van der Waals surface area contributed by atoms with Crippen molar-refractivity contribution in [3.63, 3.8) is 0 Å². The summed E-state index contributed by atoms with van der Waals surface area (Å²) < 4.78 is 1.13. The quantitative estimate of drug-likeness (QED) is 0.799. The van der Waals surface area contributed by atoms with Crippen molar-refractivity contribution >= 4 is 33.0 Å². The van der Waals surface area contributed by atoms with Crippen LogP contribution in [0.1, 0.15) is 29.8 Å². The number of thiophene rings is 1. The first kappa shape index (κ1) is 12.7. The summed E-state index contributed by atoms with van der Waals surface area (Å²) >= 11 is 5.35. The normalized spacial score (nSPS) is 12.4. The van der Waals surface area contributed by atoms with E-state index in [1.165, 1.54) is 16.1 Å². The molecule has 0 saturated carbocycles. The van der Waals surface area contributed by atoms with Gasteiger partial charge in [0, 0.05) is 15.0 Å². The average molecular weight is 310 g/mol. The Morgan fingerprint density at radius 3 is 2.76 bits per heavy atom. The van der Waals surface area contributed by atoms with Gasteiger partial charge in [-0.25, -0.2) is 0 Å². The molecule has 0 aliphatic rings. The highest BCUT2D eigenvalue weighted by Gasteiger charge is 2.10. The lowest BCUT2D eigenvalue weighted by Crippen LogP contribution is -2.08. The van der Waals surface area contributed by atoms with Crippen LogP contribution in [0.4, 0.5) is 5.69 Å². The van der Waals surface area contributed by atoms with Gasteiger partial charge in [0.05, 0.1) is 6.04 Å². The SMILES string of the molecule is CCC(Nc1cc(C)cc(Br)c1)c1cccs1. The average Bonchev–Trinajstić information content (AvgIpc) is 2.77. The Hall–Kier alpha value is -0.800. The van der Waals surface area contributed by atoms with Crippen molar-refractivity contribution in [2.75, 3.05) is 5.32 Å². The number of aryl methyl sites for hydroxylation is 1. The Kier molecular flexibility index (Phi) is 4.24. The van der Waals surface area contributed by atoms with E-state index in [4.69, 9.17) is 0 Å². The number of hydrogen-bond donors (Lipinski definition) is 1. The number of rotatable bonds is 4. The van der Waals surface area contributed by atoms with Crippen molar-refractivity contribution in [2.24, 2.45) is 0 Å². The van der Waals surface area contributed by atoms with Crippen LogP contribution in [0.3, 0.4) is 0 Å². The van der Waals surface area contributed by atoms with Crippen molar-refractivity contribution < 1.29 is 0 Å². The zero-order valence-electron chi connectivity index (χ0n) is 10.0. The molecule has 0 amide bonds. The summed E-state index contributed by atoms with van der Waals surface area (Å²) in [4.78, 5) is 1.39. The summed E-state index contributed by atoms with van der Waals surface area (Å²) in [5.74, 6) is 0. The standard InChI is InChI=1S/C14H16BrNS/c1-3-13(14-5-4-6-17-14)16-12-8-10(2)7-11(15)9-12/h4-9,13,16H,3H2,1-2H3. The summed E-state index contributed by atoms with van der Waals surface area (Å²) in [7, 11) is 0. The van der Waals surface area contributed by atoms with Gasteiger partial charge in [0.25, 0.3) is 0 Å². The molecule has 0 bridgehead atoms. The number of halogens is 1. The largest absolute Gasteiger partial charge is 0.377 e. The van der Waals surface area contributed by atoms with Crippen LogP contribution in [0.2, 0.25) is 0 Å². The van der Waals surface area contributed by atoms with Crippen molar-refractivity contribution in [1.82, 2.24) is 0 Å². The molecule has 3 heteroatoms. The Morgan fingerprint density at radius 2 is 2.18 bits per heavy atom. The molecule has 1 unspecified atom stereocenters. The van der Waals surface area contributed by atoms with Gasteiger partial charge in [0.1, 0.15) is 0 Å². The minimum atomic E-state index is 0.406. The first-order valence-electron chi connectivity index (χ1n) is 5.76. The van der Waals surface area contributed by atoms with E-state index in [9.17, 15) is 0 Å². The van der Waals surface area contributed by atoms with Gasteiger partial charge in [0.15, 0.2) is 0 Å². The number of benzene rings is 1. The van der Waals surface area contributed by atoms with Gasteiger partial charge < -0.3 is 5.32 Å². The Labute approximate surface area is 115 Å².